The lowest BCUT2D eigenvalue weighted by atomic mass is 10.1. The quantitative estimate of drug-likeness (QED) is 0.727. The van der Waals surface area contributed by atoms with Crippen LogP contribution in [0.2, 0.25) is 0 Å². The standard InChI is InChI=1S/C12H8N4S2/c17-12-14-10(8-3-5-13-6-4-8)11(15-16-12)9-2-1-7-18-9/h1-7H,(H,14,16,17). The minimum absolute atomic E-state index is 0.377. The van der Waals surface area contributed by atoms with Gasteiger partial charge in [0.25, 0.3) is 0 Å². The summed E-state index contributed by atoms with van der Waals surface area (Å²) in [5, 5.41) is 9.05. The van der Waals surface area contributed by atoms with Gasteiger partial charge in [-0.2, -0.15) is 5.10 Å². The fraction of sp³-hybridized carbons (Fsp3) is 0. The van der Waals surface area contributed by atoms with Crippen LogP contribution in [0.25, 0.3) is 21.8 Å². The van der Waals surface area contributed by atoms with Crippen molar-refractivity contribution in [1.82, 2.24) is 20.2 Å². The van der Waals surface area contributed by atoms with E-state index in [9.17, 15) is 0 Å². The van der Waals surface area contributed by atoms with E-state index in [1.807, 2.05) is 29.6 Å². The maximum Gasteiger partial charge on any atom is 0.214 e. The highest BCUT2D eigenvalue weighted by Crippen LogP contribution is 2.30. The Hall–Kier alpha value is -1.92. The summed E-state index contributed by atoms with van der Waals surface area (Å²) in [5.74, 6) is 0. The maximum absolute atomic E-state index is 5.05. The van der Waals surface area contributed by atoms with E-state index >= 15 is 0 Å². The van der Waals surface area contributed by atoms with Crippen molar-refractivity contribution in [3.05, 3.63) is 46.8 Å². The summed E-state index contributed by atoms with van der Waals surface area (Å²) in [5.41, 5.74) is 2.55. The molecule has 6 heteroatoms. The van der Waals surface area contributed by atoms with Gasteiger partial charge in [-0.25, -0.2) is 4.98 Å². The molecule has 0 aliphatic carbocycles. The maximum atomic E-state index is 5.05. The molecule has 0 radical (unpaired) electrons. The molecule has 18 heavy (non-hydrogen) atoms. The smallest absolute Gasteiger partial charge is 0.214 e. The van der Waals surface area contributed by atoms with Gasteiger partial charge in [-0.3, -0.25) is 10.1 Å². The molecular formula is C12H8N4S2. The SMILES string of the molecule is S=c1nc(-c2ccncc2)c(-c2cccs2)n[nH]1. The number of thiophene rings is 1. The molecule has 0 aromatic carbocycles. The zero-order valence-corrected chi connectivity index (χ0v) is 10.8. The molecule has 3 aromatic rings. The van der Waals surface area contributed by atoms with Gasteiger partial charge in [0.1, 0.15) is 11.4 Å². The molecule has 3 aromatic heterocycles. The number of aromatic amines is 1. The highest BCUT2D eigenvalue weighted by molar-refractivity contribution is 7.71. The van der Waals surface area contributed by atoms with E-state index in [1.54, 1.807) is 23.7 Å². The Morgan fingerprint density at radius 2 is 1.94 bits per heavy atom. The molecule has 0 amide bonds. The van der Waals surface area contributed by atoms with E-state index in [4.69, 9.17) is 12.2 Å². The van der Waals surface area contributed by atoms with E-state index in [0.29, 0.717) is 4.77 Å². The van der Waals surface area contributed by atoms with Gasteiger partial charge in [-0.15, -0.1) is 11.3 Å². The molecule has 88 valence electrons. The number of aromatic nitrogens is 4. The van der Waals surface area contributed by atoms with Crippen molar-refractivity contribution in [2.75, 3.05) is 0 Å². The fourth-order valence-corrected chi connectivity index (χ4v) is 2.48. The first kappa shape index (κ1) is 11.2. The molecule has 3 heterocycles. The van der Waals surface area contributed by atoms with Crippen molar-refractivity contribution in [3.63, 3.8) is 0 Å². The Bertz CT molecular complexity index is 704. The second-order valence-electron chi connectivity index (χ2n) is 3.55. The van der Waals surface area contributed by atoms with Crippen LogP contribution in [0.4, 0.5) is 0 Å². The summed E-state index contributed by atoms with van der Waals surface area (Å²) in [6.45, 7) is 0. The van der Waals surface area contributed by atoms with E-state index in [0.717, 1.165) is 21.8 Å². The van der Waals surface area contributed by atoms with Crippen LogP contribution in [0.5, 0.6) is 0 Å². The summed E-state index contributed by atoms with van der Waals surface area (Å²) in [6, 6.07) is 7.79. The lowest BCUT2D eigenvalue weighted by molar-refractivity contribution is 0.962. The molecule has 0 saturated heterocycles. The second-order valence-corrected chi connectivity index (χ2v) is 4.89. The molecule has 0 aliphatic rings. The zero-order chi connectivity index (χ0) is 12.4. The zero-order valence-electron chi connectivity index (χ0n) is 9.20. The van der Waals surface area contributed by atoms with E-state index in [1.165, 1.54) is 0 Å². The first-order valence-corrected chi connectivity index (χ1v) is 6.54. The molecule has 3 rings (SSSR count). The third-order valence-electron chi connectivity index (χ3n) is 2.41. The van der Waals surface area contributed by atoms with Gasteiger partial charge in [0.15, 0.2) is 0 Å². The summed E-state index contributed by atoms with van der Waals surface area (Å²) >= 11 is 6.67. The summed E-state index contributed by atoms with van der Waals surface area (Å²) in [4.78, 5) is 9.44. The van der Waals surface area contributed by atoms with Gasteiger partial charge < -0.3 is 0 Å². The minimum atomic E-state index is 0.377. The molecule has 0 spiro atoms. The first-order chi connectivity index (χ1) is 8.84. The average molecular weight is 272 g/mol. The second kappa shape index (κ2) is 4.75. The first-order valence-electron chi connectivity index (χ1n) is 5.25. The molecule has 0 bridgehead atoms. The van der Waals surface area contributed by atoms with Crippen LogP contribution in [-0.2, 0) is 0 Å². The van der Waals surface area contributed by atoms with E-state index in [-0.39, 0.29) is 0 Å². The van der Waals surface area contributed by atoms with Gasteiger partial charge in [-0.1, -0.05) is 6.07 Å². The summed E-state index contributed by atoms with van der Waals surface area (Å²) < 4.78 is 0.377. The van der Waals surface area contributed by atoms with Crippen molar-refractivity contribution >= 4 is 23.6 Å². The molecule has 0 atom stereocenters. The van der Waals surface area contributed by atoms with Crippen molar-refractivity contribution < 1.29 is 0 Å². The summed E-state index contributed by atoms with van der Waals surface area (Å²) in [6.07, 6.45) is 3.46. The van der Waals surface area contributed by atoms with E-state index in [2.05, 4.69) is 20.2 Å². The molecule has 0 unspecified atom stereocenters. The number of H-pyrrole nitrogens is 1. The molecule has 0 fully saturated rings. The Morgan fingerprint density at radius 3 is 2.67 bits per heavy atom. The Balaban J connectivity index is 2.25. The van der Waals surface area contributed by atoms with Gasteiger partial charge in [0, 0.05) is 18.0 Å². The van der Waals surface area contributed by atoms with Crippen LogP contribution < -0.4 is 0 Å². The highest BCUT2D eigenvalue weighted by Gasteiger charge is 2.11. The van der Waals surface area contributed by atoms with Crippen LogP contribution in [0.15, 0.2) is 42.0 Å². The number of hydrogen-bond acceptors (Lipinski definition) is 5. The number of hydrogen-bond donors (Lipinski definition) is 1. The molecule has 0 aliphatic heterocycles. The van der Waals surface area contributed by atoms with Crippen LogP contribution in [-0.4, -0.2) is 20.2 Å². The monoisotopic (exact) mass is 272 g/mol. The van der Waals surface area contributed by atoms with Crippen LogP contribution in [0, 0.1) is 4.77 Å². The van der Waals surface area contributed by atoms with Crippen LogP contribution >= 0.6 is 23.6 Å². The van der Waals surface area contributed by atoms with Crippen molar-refractivity contribution in [2.45, 2.75) is 0 Å². The third kappa shape index (κ3) is 2.07. The predicted octanol–water partition coefficient (Wildman–Crippen LogP) is 3.32. The highest BCUT2D eigenvalue weighted by atomic mass is 32.1. The molecule has 1 N–H and O–H groups in total. The van der Waals surface area contributed by atoms with E-state index < -0.39 is 0 Å². The Kier molecular flexibility index (Phi) is 2.95. The number of nitrogens with zero attached hydrogens (tertiary/aromatic N) is 3. The average Bonchev–Trinajstić information content (AvgIpc) is 2.93. The van der Waals surface area contributed by atoms with Crippen LogP contribution in [0.3, 0.4) is 0 Å². The fourth-order valence-electron chi connectivity index (χ4n) is 1.63. The van der Waals surface area contributed by atoms with Gasteiger partial charge in [0.2, 0.25) is 4.77 Å². The predicted molar refractivity (Wildman–Crippen MR) is 73.8 cm³/mol. The molecule has 0 saturated carbocycles. The normalized spacial score (nSPS) is 10.4. The van der Waals surface area contributed by atoms with Crippen molar-refractivity contribution in [2.24, 2.45) is 0 Å². The van der Waals surface area contributed by atoms with Gasteiger partial charge in [-0.05, 0) is 35.8 Å². The Morgan fingerprint density at radius 1 is 1.11 bits per heavy atom. The lowest BCUT2D eigenvalue weighted by Crippen LogP contribution is -1.95. The minimum Gasteiger partial charge on any atom is -0.265 e. The lowest BCUT2D eigenvalue weighted by Gasteiger charge is -2.05. The molecule has 4 nitrogen and oxygen atoms in total. The number of nitrogens with one attached hydrogen (secondary N) is 1. The van der Waals surface area contributed by atoms with Crippen molar-refractivity contribution in [3.8, 4) is 21.8 Å². The molecular weight excluding hydrogens is 264 g/mol. The summed E-state index contributed by atoms with van der Waals surface area (Å²) in [7, 11) is 0. The van der Waals surface area contributed by atoms with Gasteiger partial charge >= 0.3 is 0 Å². The topological polar surface area (TPSA) is 54.5 Å². The number of pyridine rings is 1. The third-order valence-corrected chi connectivity index (χ3v) is 3.47. The number of rotatable bonds is 2. The van der Waals surface area contributed by atoms with Crippen molar-refractivity contribution in [1.29, 1.82) is 0 Å². The van der Waals surface area contributed by atoms with Gasteiger partial charge in [0.05, 0.1) is 4.88 Å². The largest absolute Gasteiger partial charge is 0.265 e. The Labute approximate surface area is 112 Å². The van der Waals surface area contributed by atoms with Crippen LogP contribution in [0.1, 0.15) is 0 Å².